The molecular formula is C21H22N4O4S. The molecule has 0 aliphatic rings. The van der Waals surface area contributed by atoms with E-state index in [1.807, 2.05) is 13.8 Å². The zero-order valence-electron chi connectivity index (χ0n) is 16.5. The second-order valence-electron chi connectivity index (χ2n) is 6.49. The fourth-order valence-corrected chi connectivity index (χ4v) is 2.53. The number of nitro benzene ring substituents is 1. The predicted molar refractivity (Wildman–Crippen MR) is 120 cm³/mol. The lowest BCUT2D eigenvalue weighted by atomic mass is 10.1. The van der Waals surface area contributed by atoms with Crippen molar-refractivity contribution < 1.29 is 14.5 Å². The number of anilines is 1. The maximum atomic E-state index is 12.1. The predicted octanol–water partition coefficient (Wildman–Crippen LogP) is 3.65. The molecule has 0 aromatic heterocycles. The van der Waals surface area contributed by atoms with E-state index in [4.69, 9.17) is 12.2 Å². The highest BCUT2D eigenvalue weighted by Gasteiger charge is 2.09. The van der Waals surface area contributed by atoms with Crippen molar-refractivity contribution in [1.82, 2.24) is 10.6 Å². The third kappa shape index (κ3) is 7.10. The lowest BCUT2D eigenvalue weighted by Crippen LogP contribution is -2.33. The smallest absolute Gasteiger partial charge is 0.269 e. The number of hydrogen-bond acceptors (Lipinski definition) is 5. The van der Waals surface area contributed by atoms with Crippen LogP contribution in [-0.4, -0.2) is 27.9 Å². The maximum absolute atomic E-state index is 12.1. The number of rotatable bonds is 7. The van der Waals surface area contributed by atoms with E-state index in [9.17, 15) is 19.7 Å². The summed E-state index contributed by atoms with van der Waals surface area (Å²) < 4.78 is 0. The molecule has 8 nitrogen and oxygen atoms in total. The van der Waals surface area contributed by atoms with E-state index in [1.54, 1.807) is 24.3 Å². The van der Waals surface area contributed by atoms with Crippen LogP contribution in [0.2, 0.25) is 0 Å². The van der Waals surface area contributed by atoms with Gasteiger partial charge in [0.15, 0.2) is 5.11 Å². The topological polar surface area (TPSA) is 113 Å². The average molecular weight is 426 g/mol. The summed E-state index contributed by atoms with van der Waals surface area (Å²) in [6.45, 7) is 3.93. The van der Waals surface area contributed by atoms with Gasteiger partial charge in [-0.15, -0.1) is 0 Å². The molecule has 2 aromatic rings. The second-order valence-corrected chi connectivity index (χ2v) is 6.89. The molecule has 0 spiro atoms. The Morgan fingerprint density at radius 2 is 1.77 bits per heavy atom. The summed E-state index contributed by atoms with van der Waals surface area (Å²) in [5, 5.41) is 19.0. The van der Waals surface area contributed by atoms with Gasteiger partial charge in [0.05, 0.1) is 4.92 Å². The number of amides is 2. The number of benzene rings is 2. The average Bonchev–Trinajstić information content (AvgIpc) is 2.72. The third-order valence-corrected chi connectivity index (χ3v) is 4.37. The van der Waals surface area contributed by atoms with E-state index in [-0.39, 0.29) is 22.7 Å². The minimum absolute atomic E-state index is 0.0228. The summed E-state index contributed by atoms with van der Waals surface area (Å²) in [4.78, 5) is 34.2. The van der Waals surface area contributed by atoms with Gasteiger partial charge in [-0.25, -0.2) is 0 Å². The Morgan fingerprint density at radius 3 is 2.33 bits per heavy atom. The van der Waals surface area contributed by atoms with Crippen LogP contribution < -0.4 is 16.0 Å². The van der Waals surface area contributed by atoms with Gasteiger partial charge < -0.3 is 10.6 Å². The molecule has 0 heterocycles. The van der Waals surface area contributed by atoms with Crippen molar-refractivity contribution in [2.45, 2.75) is 26.3 Å². The van der Waals surface area contributed by atoms with Crippen molar-refractivity contribution in [2.75, 3.05) is 5.32 Å². The van der Waals surface area contributed by atoms with Crippen LogP contribution in [0.1, 0.15) is 36.2 Å². The fourth-order valence-electron chi connectivity index (χ4n) is 2.31. The standard InChI is InChI=1S/C21H22N4O4S/c1-3-14(2)22-20(27)16-7-9-17(10-8-16)23-21(30)24-19(26)13-6-15-4-11-18(12-5-15)25(28)29/h4-14H,3H2,1-2H3,(H,22,27)(H2,23,24,26,30)/b13-6+. The van der Waals surface area contributed by atoms with Gasteiger partial charge in [0.2, 0.25) is 5.91 Å². The van der Waals surface area contributed by atoms with Gasteiger partial charge in [-0.05, 0) is 73.6 Å². The quantitative estimate of drug-likeness (QED) is 0.270. The summed E-state index contributed by atoms with van der Waals surface area (Å²) in [6, 6.07) is 12.6. The van der Waals surface area contributed by atoms with E-state index >= 15 is 0 Å². The van der Waals surface area contributed by atoms with Crippen LogP contribution in [0.4, 0.5) is 11.4 Å². The highest BCUT2D eigenvalue weighted by molar-refractivity contribution is 7.80. The Balaban J connectivity index is 1.86. The number of carbonyl (C=O) groups is 2. The van der Waals surface area contributed by atoms with E-state index in [0.29, 0.717) is 16.8 Å². The first-order valence-corrected chi connectivity index (χ1v) is 9.64. The van der Waals surface area contributed by atoms with E-state index in [2.05, 4.69) is 16.0 Å². The number of nitrogens with zero attached hydrogens (tertiary/aromatic N) is 1. The summed E-state index contributed by atoms with van der Waals surface area (Å²) in [5.41, 5.74) is 1.77. The molecule has 0 radical (unpaired) electrons. The van der Waals surface area contributed by atoms with Gasteiger partial charge in [0, 0.05) is 35.5 Å². The molecule has 0 aliphatic carbocycles. The minimum Gasteiger partial charge on any atom is -0.350 e. The lowest BCUT2D eigenvalue weighted by Gasteiger charge is -2.12. The summed E-state index contributed by atoms with van der Waals surface area (Å²) >= 11 is 5.11. The van der Waals surface area contributed by atoms with Crippen LogP contribution in [0.15, 0.2) is 54.6 Å². The minimum atomic E-state index is -0.491. The SMILES string of the molecule is CCC(C)NC(=O)c1ccc(NC(=S)NC(=O)/C=C/c2ccc([N+](=O)[O-])cc2)cc1. The van der Waals surface area contributed by atoms with Crippen LogP contribution >= 0.6 is 12.2 Å². The van der Waals surface area contributed by atoms with Crippen LogP contribution in [-0.2, 0) is 4.79 Å². The molecule has 0 saturated heterocycles. The van der Waals surface area contributed by atoms with Gasteiger partial charge in [0.25, 0.3) is 11.6 Å². The van der Waals surface area contributed by atoms with Crippen molar-refractivity contribution in [3.05, 3.63) is 75.8 Å². The summed E-state index contributed by atoms with van der Waals surface area (Å²) in [5.74, 6) is -0.599. The Labute approximate surface area is 179 Å². The zero-order chi connectivity index (χ0) is 22.1. The molecule has 2 aromatic carbocycles. The monoisotopic (exact) mass is 426 g/mol. The molecule has 1 atom stereocenters. The Hall–Kier alpha value is -3.59. The van der Waals surface area contributed by atoms with Crippen molar-refractivity contribution >= 4 is 46.6 Å². The highest BCUT2D eigenvalue weighted by atomic mass is 32.1. The molecule has 2 amide bonds. The van der Waals surface area contributed by atoms with Crippen LogP contribution in [0.25, 0.3) is 6.08 Å². The number of non-ortho nitro benzene ring substituents is 1. The Kier molecular flexibility index (Phi) is 8.18. The van der Waals surface area contributed by atoms with E-state index < -0.39 is 10.8 Å². The number of carbonyl (C=O) groups excluding carboxylic acids is 2. The van der Waals surface area contributed by atoms with Gasteiger partial charge in [-0.2, -0.15) is 0 Å². The van der Waals surface area contributed by atoms with Gasteiger partial charge in [0.1, 0.15) is 0 Å². The first-order valence-electron chi connectivity index (χ1n) is 9.24. The lowest BCUT2D eigenvalue weighted by molar-refractivity contribution is -0.384. The zero-order valence-corrected chi connectivity index (χ0v) is 17.4. The third-order valence-electron chi connectivity index (χ3n) is 4.16. The fraction of sp³-hybridized carbons (Fsp3) is 0.190. The molecule has 1 unspecified atom stereocenters. The summed E-state index contributed by atoms with van der Waals surface area (Å²) in [6.07, 6.45) is 3.64. The molecular weight excluding hydrogens is 404 g/mol. The van der Waals surface area contributed by atoms with E-state index in [1.165, 1.54) is 36.4 Å². The molecule has 156 valence electrons. The van der Waals surface area contributed by atoms with Crippen LogP contribution in [0.3, 0.4) is 0 Å². The molecule has 9 heteroatoms. The largest absolute Gasteiger partial charge is 0.350 e. The summed E-state index contributed by atoms with van der Waals surface area (Å²) in [7, 11) is 0. The number of hydrogen-bond donors (Lipinski definition) is 3. The molecule has 0 saturated carbocycles. The highest BCUT2D eigenvalue weighted by Crippen LogP contribution is 2.13. The number of nitro groups is 1. The Morgan fingerprint density at radius 1 is 1.13 bits per heavy atom. The number of thiocarbonyl (C=S) groups is 1. The first kappa shape index (κ1) is 22.7. The van der Waals surface area contributed by atoms with Gasteiger partial charge in [-0.1, -0.05) is 6.92 Å². The van der Waals surface area contributed by atoms with Crippen molar-refractivity contribution in [2.24, 2.45) is 0 Å². The van der Waals surface area contributed by atoms with Crippen molar-refractivity contribution in [3.63, 3.8) is 0 Å². The van der Waals surface area contributed by atoms with Crippen molar-refractivity contribution in [1.29, 1.82) is 0 Å². The Bertz CT molecular complexity index is 956. The van der Waals surface area contributed by atoms with Gasteiger partial charge in [-0.3, -0.25) is 25.0 Å². The second kappa shape index (κ2) is 10.8. The van der Waals surface area contributed by atoms with Crippen molar-refractivity contribution in [3.8, 4) is 0 Å². The number of nitrogens with one attached hydrogen (secondary N) is 3. The molecule has 0 fully saturated rings. The van der Waals surface area contributed by atoms with Crippen LogP contribution in [0, 0.1) is 10.1 Å². The molecule has 3 N–H and O–H groups in total. The normalized spacial score (nSPS) is 11.5. The first-order chi connectivity index (χ1) is 14.3. The van der Waals surface area contributed by atoms with Gasteiger partial charge >= 0.3 is 0 Å². The van der Waals surface area contributed by atoms with Crippen LogP contribution in [0.5, 0.6) is 0 Å². The molecule has 2 rings (SSSR count). The van der Waals surface area contributed by atoms with E-state index in [0.717, 1.165) is 6.42 Å². The molecule has 0 bridgehead atoms. The molecule has 0 aliphatic heterocycles. The maximum Gasteiger partial charge on any atom is 0.269 e. The molecule has 30 heavy (non-hydrogen) atoms.